The van der Waals surface area contributed by atoms with Gasteiger partial charge in [0.15, 0.2) is 11.6 Å². The number of hydrogen-bond acceptors (Lipinski definition) is 2. The lowest BCUT2D eigenvalue weighted by Gasteiger charge is -2.37. The molecule has 2 nitrogen and oxygen atoms in total. The van der Waals surface area contributed by atoms with E-state index in [1.165, 1.54) is 12.1 Å². The zero-order chi connectivity index (χ0) is 14.2. The molecule has 2 aliphatic rings. The predicted molar refractivity (Wildman–Crippen MR) is 75.6 cm³/mol. The largest absolute Gasteiger partial charge is 0.375 e. The number of hydrogen-bond donors (Lipinski definition) is 0. The van der Waals surface area contributed by atoms with Crippen LogP contribution in [0.15, 0.2) is 18.2 Å². The molecule has 0 N–H and O–H groups in total. The van der Waals surface area contributed by atoms with Gasteiger partial charge in [0, 0.05) is 12.5 Å². The van der Waals surface area contributed by atoms with Crippen LogP contribution in [-0.4, -0.2) is 18.0 Å². The standard InChI is InChI=1S/C16H18ClFO2/c17-13-5-3-4-12(14(13)18)15(19)11-6-9-20-16(10-11)7-1-2-8-16/h3-5,11H,1-2,6-10H2. The predicted octanol–water partition coefficient (Wildman–Crippen LogP) is 4.40. The molecule has 20 heavy (non-hydrogen) atoms. The van der Waals surface area contributed by atoms with Crippen LogP contribution in [0.2, 0.25) is 5.02 Å². The summed E-state index contributed by atoms with van der Waals surface area (Å²) in [4.78, 5) is 12.6. The first-order valence-corrected chi connectivity index (χ1v) is 7.61. The summed E-state index contributed by atoms with van der Waals surface area (Å²) in [5.41, 5.74) is -0.00859. The van der Waals surface area contributed by atoms with Crippen LogP contribution < -0.4 is 0 Å². The fourth-order valence-corrected chi connectivity index (χ4v) is 3.71. The van der Waals surface area contributed by atoms with E-state index in [1.807, 2.05) is 0 Å². The van der Waals surface area contributed by atoms with Crippen molar-refractivity contribution in [3.8, 4) is 0 Å². The second-order valence-corrected chi connectivity index (χ2v) is 6.30. The van der Waals surface area contributed by atoms with Crippen LogP contribution in [0.5, 0.6) is 0 Å². The number of carbonyl (C=O) groups is 1. The topological polar surface area (TPSA) is 26.3 Å². The maximum atomic E-state index is 14.0. The number of halogens is 2. The maximum Gasteiger partial charge on any atom is 0.169 e. The summed E-state index contributed by atoms with van der Waals surface area (Å²) in [6, 6.07) is 4.62. The van der Waals surface area contributed by atoms with Gasteiger partial charge >= 0.3 is 0 Å². The van der Waals surface area contributed by atoms with Gasteiger partial charge in [-0.2, -0.15) is 0 Å². The number of Topliss-reactive ketones (excluding diaryl/α,β-unsaturated/α-hetero) is 1. The average Bonchev–Trinajstić information content (AvgIpc) is 2.89. The third-order valence-electron chi connectivity index (χ3n) is 4.60. The minimum Gasteiger partial charge on any atom is -0.375 e. The third kappa shape index (κ3) is 2.49. The van der Waals surface area contributed by atoms with Crippen LogP contribution in [0.25, 0.3) is 0 Å². The molecule has 1 unspecified atom stereocenters. The van der Waals surface area contributed by atoms with E-state index in [0.717, 1.165) is 32.1 Å². The molecular formula is C16H18ClFO2. The first-order chi connectivity index (χ1) is 9.61. The van der Waals surface area contributed by atoms with E-state index in [0.29, 0.717) is 13.0 Å². The molecule has 4 heteroatoms. The van der Waals surface area contributed by atoms with E-state index < -0.39 is 5.82 Å². The van der Waals surface area contributed by atoms with Gasteiger partial charge < -0.3 is 4.74 Å². The minimum absolute atomic E-state index is 0.0125. The molecule has 0 radical (unpaired) electrons. The zero-order valence-electron chi connectivity index (χ0n) is 11.3. The highest BCUT2D eigenvalue weighted by Gasteiger charge is 2.42. The molecule has 0 amide bonds. The quantitative estimate of drug-likeness (QED) is 0.756. The van der Waals surface area contributed by atoms with E-state index in [9.17, 15) is 9.18 Å². The molecule has 1 aromatic rings. The summed E-state index contributed by atoms with van der Waals surface area (Å²) in [5, 5.41) is 0.0125. The Morgan fingerprint density at radius 3 is 2.85 bits per heavy atom. The smallest absolute Gasteiger partial charge is 0.169 e. The fourth-order valence-electron chi connectivity index (χ4n) is 3.53. The Labute approximate surface area is 123 Å². The van der Waals surface area contributed by atoms with Crippen molar-refractivity contribution in [1.29, 1.82) is 0 Å². The van der Waals surface area contributed by atoms with Crippen molar-refractivity contribution in [2.75, 3.05) is 6.61 Å². The molecular weight excluding hydrogens is 279 g/mol. The Bertz CT molecular complexity index is 523. The Kier molecular flexibility index (Phi) is 3.83. The van der Waals surface area contributed by atoms with Crippen molar-refractivity contribution in [2.45, 2.75) is 44.1 Å². The number of ether oxygens (including phenoxy) is 1. The fraction of sp³-hybridized carbons (Fsp3) is 0.562. The highest BCUT2D eigenvalue weighted by atomic mass is 35.5. The average molecular weight is 297 g/mol. The Balaban J connectivity index is 1.81. The van der Waals surface area contributed by atoms with Gasteiger partial charge in [0.05, 0.1) is 16.2 Å². The lowest BCUT2D eigenvalue weighted by atomic mass is 9.80. The second-order valence-electron chi connectivity index (χ2n) is 5.89. The van der Waals surface area contributed by atoms with Crippen molar-refractivity contribution in [1.82, 2.24) is 0 Å². The van der Waals surface area contributed by atoms with Crippen molar-refractivity contribution >= 4 is 17.4 Å². The van der Waals surface area contributed by atoms with Gasteiger partial charge in [0.2, 0.25) is 0 Å². The van der Waals surface area contributed by atoms with Crippen LogP contribution in [0, 0.1) is 11.7 Å². The van der Waals surface area contributed by atoms with Crippen molar-refractivity contribution in [3.63, 3.8) is 0 Å². The maximum absolute atomic E-state index is 14.0. The van der Waals surface area contributed by atoms with Crippen LogP contribution in [0.4, 0.5) is 4.39 Å². The van der Waals surface area contributed by atoms with Crippen molar-refractivity contribution < 1.29 is 13.9 Å². The van der Waals surface area contributed by atoms with E-state index in [4.69, 9.17) is 16.3 Å². The van der Waals surface area contributed by atoms with E-state index in [1.54, 1.807) is 6.07 Å². The molecule has 1 aromatic carbocycles. The summed E-state index contributed by atoms with van der Waals surface area (Å²) >= 11 is 5.77. The Hall–Kier alpha value is -0.930. The van der Waals surface area contributed by atoms with Gasteiger partial charge in [-0.15, -0.1) is 0 Å². The molecule has 0 aromatic heterocycles. The molecule has 1 heterocycles. The molecule has 108 valence electrons. The normalized spacial score (nSPS) is 25.0. The zero-order valence-corrected chi connectivity index (χ0v) is 12.1. The molecule has 0 bridgehead atoms. The molecule has 1 atom stereocenters. The van der Waals surface area contributed by atoms with E-state index >= 15 is 0 Å². The minimum atomic E-state index is -0.592. The van der Waals surface area contributed by atoms with Crippen LogP contribution in [-0.2, 0) is 4.74 Å². The lowest BCUT2D eigenvalue weighted by Crippen LogP contribution is -2.40. The van der Waals surface area contributed by atoms with Crippen molar-refractivity contribution in [3.05, 3.63) is 34.6 Å². The third-order valence-corrected chi connectivity index (χ3v) is 4.89. The molecule has 1 saturated heterocycles. The Morgan fingerprint density at radius 1 is 1.35 bits per heavy atom. The first kappa shape index (κ1) is 14.0. The molecule has 1 spiro atoms. The van der Waals surface area contributed by atoms with Gasteiger partial charge in [-0.1, -0.05) is 30.5 Å². The van der Waals surface area contributed by atoms with Crippen LogP contribution in [0.1, 0.15) is 48.9 Å². The summed E-state index contributed by atoms with van der Waals surface area (Å²) in [7, 11) is 0. The summed E-state index contributed by atoms with van der Waals surface area (Å²) in [5.74, 6) is -0.861. The number of carbonyl (C=O) groups excluding carboxylic acids is 1. The number of rotatable bonds is 2. The highest BCUT2D eigenvalue weighted by Crippen LogP contribution is 2.43. The van der Waals surface area contributed by atoms with Gasteiger partial charge in [-0.05, 0) is 37.8 Å². The summed E-state index contributed by atoms with van der Waals surface area (Å²) < 4.78 is 19.9. The Morgan fingerprint density at radius 2 is 2.10 bits per heavy atom. The van der Waals surface area contributed by atoms with E-state index in [-0.39, 0.29) is 27.9 Å². The number of ketones is 1. The SMILES string of the molecule is O=C(c1cccc(Cl)c1F)C1CCOC2(CCCC2)C1. The molecule has 1 saturated carbocycles. The molecule has 1 aliphatic heterocycles. The summed E-state index contributed by atoms with van der Waals surface area (Å²) in [6.45, 7) is 0.596. The number of benzene rings is 1. The second kappa shape index (κ2) is 5.45. The molecule has 2 fully saturated rings. The first-order valence-electron chi connectivity index (χ1n) is 7.23. The van der Waals surface area contributed by atoms with Crippen molar-refractivity contribution in [2.24, 2.45) is 5.92 Å². The van der Waals surface area contributed by atoms with Gasteiger partial charge in [0.1, 0.15) is 0 Å². The van der Waals surface area contributed by atoms with Gasteiger partial charge in [-0.3, -0.25) is 4.79 Å². The van der Waals surface area contributed by atoms with Gasteiger partial charge in [0.25, 0.3) is 0 Å². The monoisotopic (exact) mass is 296 g/mol. The molecule has 3 rings (SSSR count). The lowest BCUT2D eigenvalue weighted by molar-refractivity contribution is -0.0866. The van der Waals surface area contributed by atoms with Gasteiger partial charge in [-0.25, -0.2) is 4.39 Å². The van der Waals surface area contributed by atoms with Crippen LogP contribution in [0.3, 0.4) is 0 Å². The molecule has 1 aliphatic carbocycles. The summed E-state index contributed by atoms with van der Waals surface area (Å²) in [6.07, 6.45) is 5.76. The highest BCUT2D eigenvalue weighted by molar-refractivity contribution is 6.31. The van der Waals surface area contributed by atoms with E-state index in [2.05, 4.69) is 0 Å². The van der Waals surface area contributed by atoms with Crippen LogP contribution >= 0.6 is 11.6 Å².